The van der Waals surface area contributed by atoms with Crippen LogP contribution in [-0.2, 0) is 14.6 Å². The summed E-state index contributed by atoms with van der Waals surface area (Å²) in [6.45, 7) is 1.65. The van der Waals surface area contributed by atoms with E-state index in [2.05, 4.69) is 10.3 Å². The zero-order valence-corrected chi connectivity index (χ0v) is 16.2. The van der Waals surface area contributed by atoms with Crippen LogP contribution in [0.25, 0.3) is 0 Å². The van der Waals surface area contributed by atoms with Crippen LogP contribution in [-0.4, -0.2) is 49.6 Å². The molecular weight excluding hydrogens is 397 g/mol. The number of hydrogen-bond acceptors (Lipinski definition) is 5. The van der Waals surface area contributed by atoms with E-state index in [1.54, 1.807) is 23.4 Å². The van der Waals surface area contributed by atoms with Crippen LogP contribution in [0.4, 0.5) is 0 Å². The van der Waals surface area contributed by atoms with E-state index in [9.17, 15) is 13.2 Å². The van der Waals surface area contributed by atoms with Crippen LogP contribution in [0, 0.1) is 0 Å². The van der Waals surface area contributed by atoms with Crippen molar-refractivity contribution in [3.8, 4) is 0 Å². The number of nitrogens with one attached hydrogen (secondary N) is 1. The van der Waals surface area contributed by atoms with Gasteiger partial charge in [-0.1, -0.05) is 17.7 Å². The number of pyridine rings is 1. The number of nitrogens with zero attached hydrogens (tertiary/aromatic N) is 2. The molecule has 0 bridgehead atoms. The Morgan fingerprint density at radius 2 is 2.00 bits per heavy atom. The fraction of sp³-hybridized carbons (Fsp3) is 0.294. The summed E-state index contributed by atoms with van der Waals surface area (Å²) in [5, 5.41) is 3.68. The molecule has 1 unspecified atom stereocenters. The van der Waals surface area contributed by atoms with Crippen LogP contribution < -0.4 is 5.32 Å². The molecule has 0 spiro atoms. The highest BCUT2D eigenvalue weighted by Crippen LogP contribution is 2.23. The van der Waals surface area contributed by atoms with Crippen molar-refractivity contribution in [1.29, 1.82) is 0 Å². The van der Waals surface area contributed by atoms with Gasteiger partial charge in [0.05, 0.1) is 10.9 Å². The van der Waals surface area contributed by atoms with E-state index in [1.165, 1.54) is 24.3 Å². The standard InChI is InChI=1S/C17H18ClN3O3S.ClH/c18-14-3-5-15(6-4-14)25(23,24)12-17(22)21-9-8-20-11-16(21)13-2-1-7-19-10-13;/h1-7,10,16,20H,8-9,11-12H2;1H. The lowest BCUT2D eigenvalue weighted by Crippen LogP contribution is -2.50. The quantitative estimate of drug-likeness (QED) is 0.826. The molecule has 2 heterocycles. The maximum absolute atomic E-state index is 12.7. The largest absolute Gasteiger partial charge is 0.332 e. The third-order valence-corrected chi connectivity index (χ3v) is 5.99. The van der Waals surface area contributed by atoms with E-state index in [-0.39, 0.29) is 23.3 Å². The molecule has 0 aliphatic carbocycles. The fourth-order valence-corrected chi connectivity index (χ4v) is 4.18. The second-order valence-corrected chi connectivity index (χ2v) is 8.23. The Bertz CT molecular complexity index is 845. The summed E-state index contributed by atoms with van der Waals surface area (Å²) in [4.78, 5) is 18.5. The number of piperazine rings is 1. The molecule has 1 amide bonds. The molecule has 9 heteroatoms. The molecular formula is C17H19Cl2N3O3S. The number of amides is 1. The van der Waals surface area contributed by atoms with Crippen molar-refractivity contribution in [2.24, 2.45) is 0 Å². The zero-order valence-electron chi connectivity index (χ0n) is 13.8. The van der Waals surface area contributed by atoms with E-state index < -0.39 is 21.5 Å². The maximum Gasteiger partial charge on any atom is 0.238 e. The van der Waals surface area contributed by atoms with Crippen molar-refractivity contribution in [2.75, 3.05) is 25.4 Å². The first-order chi connectivity index (χ1) is 12.0. The van der Waals surface area contributed by atoms with Gasteiger partial charge in [-0.25, -0.2) is 8.42 Å². The van der Waals surface area contributed by atoms with Crippen molar-refractivity contribution >= 4 is 39.8 Å². The van der Waals surface area contributed by atoms with Gasteiger partial charge in [0.2, 0.25) is 5.91 Å². The normalized spacial score (nSPS) is 17.4. The topological polar surface area (TPSA) is 79.4 Å². The van der Waals surface area contributed by atoms with Crippen LogP contribution in [0.2, 0.25) is 5.02 Å². The van der Waals surface area contributed by atoms with Gasteiger partial charge in [0.15, 0.2) is 9.84 Å². The number of halogens is 2. The molecule has 1 aliphatic rings. The van der Waals surface area contributed by atoms with Gasteiger partial charge in [-0.15, -0.1) is 12.4 Å². The summed E-state index contributed by atoms with van der Waals surface area (Å²) < 4.78 is 25.0. The smallest absolute Gasteiger partial charge is 0.238 e. The summed E-state index contributed by atoms with van der Waals surface area (Å²) in [5.41, 5.74) is 0.881. The van der Waals surface area contributed by atoms with E-state index >= 15 is 0 Å². The first kappa shape index (κ1) is 20.6. The minimum atomic E-state index is -3.72. The van der Waals surface area contributed by atoms with Crippen LogP contribution in [0.5, 0.6) is 0 Å². The molecule has 0 radical (unpaired) electrons. The number of aromatic nitrogens is 1. The predicted octanol–water partition coefficient (Wildman–Crippen LogP) is 2.10. The molecule has 1 aromatic carbocycles. The van der Waals surface area contributed by atoms with E-state index in [4.69, 9.17) is 11.6 Å². The number of benzene rings is 1. The summed E-state index contributed by atoms with van der Waals surface area (Å²) >= 11 is 5.79. The molecule has 1 saturated heterocycles. The summed E-state index contributed by atoms with van der Waals surface area (Å²) in [7, 11) is -3.72. The Hall–Kier alpha value is -1.67. The molecule has 2 aromatic rings. The third-order valence-electron chi connectivity index (χ3n) is 4.12. The van der Waals surface area contributed by atoms with Gasteiger partial charge >= 0.3 is 0 Å². The number of sulfone groups is 1. The Morgan fingerprint density at radius 3 is 2.65 bits per heavy atom. The van der Waals surface area contributed by atoms with Crippen LogP contribution in [0.3, 0.4) is 0 Å². The van der Waals surface area contributed by atoms with Crippen molar-refractivity contribution in [3.63, 3.8) is 0 Å². The molecule has 140 valence electrons. The molecule has 3 rings (SSSR count). The minimum absolute atomic E-state index is 0. The summed E-state index contributed by atoms with van der Waals surface area (Å²) in [6, 6.07) is 9.30. The number of carbonyl (C=O) groups is 1. The van der Waals surface area contributed by atoms with Gasteiger partial charge in [0.1, 0.15) is 5.75 Å². The molecule has 1 N–H and O–H groups in total. The van der Waals surface area contributed by atoms with E-state index in [1.807, 2.05) is 6.07 Å². The van der Waals surface area contributed by atoms with Crippen LogP contribution in [0.15, 0.2) is 53.7 Å². The highest BCUT2D eigenvalue weighted by molar-refractivity contribution is 7.92. The van der Waals surface area contributed by atoms with Crippen molar-refractivity contribution in [3.05, 3.63) is 59.4 Å². The Morgan fingerprint density at radius 1 is 1.27 bits per heavy atom. The minimum Gasteiger partial charge on any atom is -0.332 e. The predicted molar refractivity (Wildman–Crippen MR) is 102 cm³/mol. The fourth-order valence-electron chi connectivity index (χ4n) is 2.84. The van der Waals surface area contributed by atoms with E-state index in [0.717, 1.165) is 5.56 Å². The van der Waals surface area contributed by atoms with Gasteiger partial charge in [0, 0.05) is 37.1 Å². The van der Waals surface area contributed by atoms with Gasteiger partial charge in [-0.05, 0) is 35.9 Å². The average Bonchev–Trinajstić information content (AvgIpc) is 2.62. The lowest BCUT2D eigenvalue weighted by atomic mass is 10.1. The molecule has 1 fully saturated rings. The summed E-state index contributed by atoms with van der Waals surface area (Å²) in [6.07, 6.45) is 3.36. The van der Waals surface area contributed by atoms with E-state index in [0.29, 0.717) is 24.7 Å². The molecule has 26 heavy (non-hydrogen) atoms. The molecule has 1 aliphatic heterocycles. The second kappa shape index (κ2) is 8.81. The van der Waals surface area contributed by atoms with Crippen molar-refractivity contribution in [2.45, 2.75) is 10.9 Å². The molecule has 1 atom stereocenters. The van der Waals surface area contributed by atoms with Crippen molar-refractivity contribution < 1.29 is 13.2 Å². The highest BCUT2D eigenvalue weighted by atomic mass is 35.5. The average molecular weight is 416 g/mol. The highest BCUT2D eigenvalue weighted by Gasteiger charge is 2.31. The number of rotatable bonds is 4. The van der Waals surface area contributed by atoms with Crippen LogP contribution >= 0.6 is 24.0 Å². The monoisotopic (exact) mass is 415 g/mol. The van der Waals surface area contributed by atoms with Gasteiger partial charge in [-0.2, -0.15) is 0 Å². The van der Waals surface area contributed by atoms with Crippen LogP contribution in [0.1, 0.15) is 11.6 Å². The second-order valence-electron chi connectivity index (χ2n) is 5.81. The Labute approximate surface area is 163 Å². The lowest BCUT2D eigenvalue weighted by molar-refractivity contribution is -0.131. The lowest BCUT2D eigenvalue weighted by Gasteiger charge is -2.36. The Kier molecular flexibility index (Phi) is 7.00. The van der Waals surface area contributed by atoms with Crippen molar-refractivity contribution in [1.82, 2.24) is 15.2 Å². The molecule has 0 saturated carbocycles. The number of carbonyl (C=O) groups excluding carboxylic acids is 1. The van der Waals surface area contributed by atoms with Gasteiger partial charge in [0.25, 0.3) is 0 Å². The SMILES string of the molecule is Cl.O=C(CS(=O)(=O)c1ccc(Cl)cc1)N1CCNCC1c1cccnc1. The van der Waals surface area contributed by atoms with Gasteiger partial charge in [-0.3, -0.25) is 9.78 Å². The first-order valence-corrected chi connectivity index (χ1v) is 9.89. The van der Waals surface area contributed by atoms with Gasteiger partial charge < -0.3 is 10.2 Å². The molecule has 1 aromatic heterocycles. The first-order valence-electron chi connectivity index (χ1n) is 7.86. The maximum atomic E-state index is 12.7. The zero-order chi connectivity index (χ0) is 17.9. The third kappa shape index (κ3) is 4.73. The Balaban J connectivity index is 0.00000243. The molecule has 6 nitrogen and oxygen atoms in total. The summed E-state index contributed by atoms with van der Waals surface area (Å²) in [5.74, 6) is -0.976. The number of hydrogen-bond donors (Lipinski definition) is 1.